The molecule has 3 aromatic carbocycles. The van der Waals surface area contributed by atoms with E-state index >= 15 is 0 Å². The van der Waals surface area contributed by atoms with Gasteiger partial charge >= 0.3 is 0 Å². The Hall–Kier alpha value is -5.58. The summed E-state index contributed by atoms with van der Waals surface area (Å²) in [5.41, 5.74) is 4.38. The molecule has 3 amide bonds. The minimum Gasteiger partial charge on any atom is -0.493 e. The van der Waals surface area contributed by atoms with Gasteiger partial charge in [-0.25, -0.2) is 0 Å². The molecule has 8 rings (SSSR count). The zero-order valence-electron chi connectivity index (χ0n) is 36.6. The molecule has 11 heteroatoms. The number of carbonyl (C=O) groups excluding carboxylic acids is 3. The highest BCUT2D eigenvalue weighted by Crippen LogP contribution is 2.43. The third-order valence-electron chi connectivity index (χ3n) is 13.1. The number of amides is 3. The predicted molar refractivity (Wildman–Crippen MR) is 239 cm³/mol. The normalized spacial score (nSPS) is 21.6. The van der Waals surface area contributed by atoms with Crippen LogP contribution in [-0.4, -0.2) is 49.1 Å². The zero-order chi connectivity index (χ0) is 43.3. The molecule has 0 bridgehead atoms. The van der Waals surface area contributed by atoms with Crippen molar-refractivity contribution in [1.82, 2.24) is 20.9 Å². The van der Waals surface area contributed by atoms with Crippen LogP contribution in [0.3, 0.4) is 0 Å². The molecular weight excluding hydrogens is 781 g/mol. The second-order valence-corrected chi connectivity index (χ2v) is 17.4. The molecule has 11 nitrogen and oxygen atoms in total. The van der Waals surface area contributed by atoms with Crippen molar-refractivity contribution in [3.63, 3.8) is 0 Å². The Morgan fingerprint density at radius 2 is 1.13 bits per heavy atom. The van der Waals surface area contributed by atoms with E-state index in [4.69, 9.17) is 18.9 Å². The molecular formula is C51H64N4O7. The van der Waals surface area contributed by atoms with Crippen molar-refractivity contribution in [2.24, 2.45) is 11.8 Å². The highest BCUT2D eigenvalue weighted by molar-refractivity contribution is 5.81. The number of rotatable bonds is 15. The van der Waals surface area contributed by atoms with Gasteiger partial charge in [-0.3, -0.25) is 19.4 Å². The third-order valence-corrected chi connectivity index (χ3v) is 13.1. The maximum atomic E-state index is 13.1. The van der Waals surface area contributed by atoms with E-state index in [2.05, 4.69) is 45.2 Å². The molecule has 1 heterocycles. The van der Waals surface area contributed by atoms with Gasteiger partial charge in [-0.05, 0) is 160 Å². The average Bonchev–Trinajstić information content (AvgIpc) is 4.16. The van der Waals surface area contributed by atoms with Crippen LogP contribution < -0.4 is 34.9 Å². The standard InChI is InChI=1S/C27H34N2O4.C24H30N2O3/c1-18(30)28-26(19-8-4-3-5-9-19)29-27(31)22-13-12-20(16-22)21-14-15-24(32-2)25(17-21)33-23-10-6-7-11-23;1-28-22-9-8-19(15-23(22)29-21-4-2-3-5-21)18-6-7-20(14-18)24(27)26-16-17-10-12-25-13-11-17/h3-5,8-9,14-15,17,20,22-23,26H,6-7,10-13,16H2,1-2H3,(H,28,30)(H,29,31);8-13,15,18,20-21H,2-7,14,16H2,1H3,(H,26,27). The monoisotopic (exact) mass is 844 g/mol. The Morgan fingerprint density at radius 3 is 1.63 bits per heavy atom. The number of benzene rings is 3. The van der Waals surface area contributed by atoms with Gasteiger partial charge in [-0.2, -0.15) is 0 Å². The molecule has 5 atom stereocenters. The Labute approximate surface area is 367 Å². The summed E-state index contributed by atoms with van der Waals surface area (Å²) in [6.45, 7) is 2.02. The molecule has 0 radical (unpaired) electrons. The predicted octanol–water partition coefficient (Wildman–Crippen LogP) is 9.46. The van der Waals surface area contributed by atoms with Gasteiger partial charge in [0.25, 0.3) is 0 Å². The summed E-state index contributed by atoms with van der Waals surface area (Å²) in [7, 11) is 3.36. The van der Waals surface area contributed by atoms with Crippen molar-refractivity contribution in [1.29, 1.82) is 0 Å². The van der Waals surface area contributed by atoms with Gasteiger partial charge in [0.15, 0.2) is 23.0 Å². The van der Waals surface area contributed by atoms with Crippen molar-refractivity contribution in [2.45, 2.75) is 134 Å². The summed E-state index contributed by atoms with van der Waals surface area (Å²) in [6.07, 6.45) is 18.3. The maximum absolute atomic E-state index is 13.1. The number of ether oxygens (including phenoxy) is 4. The Bertz CT molecular complexity index is 2070. The lowest BCUT2D eigenvalue weighted by molar-refractivity contribution is -0.127. The first-order chi connectivity index (χ1) is 30.3. The van der Waals surface area contributed by atoms with Crippen LogP contribution in [0.4, 0.5) is 0 Å². The summed E-state index contributed by atoms with van der Waals surface area (Å²) in [6, 6.07) is 25.8. The molecule has 62 heavy (non-hydrogen) atoms. The molecule has 330 valence electrons. The molecule has 4 aromatic rings. The van der Waals surface area contributed by atoms with Crippen LogP contribution in [0.25, 0.3) is 0 Å². The molecule has 4 aliphatic rings. The summed E-state index contributed by atoms with van der Waals surface area (Å²) >= 11 is 0. The SMILES string of the molecule is COc1ccc(C2CCC(C(=O)NC(NC(C)=O)c3ccccc3)C2)cc1OC1CCCC1.COc1ccc(C2CCC(C(=O)NCc3ccncc3)C2)cc1OC1CCCC1. The lowest BCUT2D eigenvalue weighted by Crippen LogP contribution is -2.42. The number of nitrogens with zero attached hydrogens (tertiary/aromatic N) is 1. The van der Waals surface area contributed by atoms with E-state index in [1.54, 1.807) is 26.6 Å². The van der Waals surface area contributed by atoms with Crippen LogP contribution >= 0.6 is 0 Å². The first-order valence-electron chi connectivity index (χ1n) is 22.7. The molecule has 0 aliphatic heterocycles. The van der Waals surface area contributed by atoms with Crippen molar-refractivity contribution < 1.29 is 33.3 Å². The second-order valence-electron chi connectivity index (χ2n) is 17.4. The van der Waals surface area contributed by atoms with Gasteiger partial charge in [0.2, 0.25) is 17.7 Å². The minimum absolute atomic E-state index is 0.0176. The fraction of sp³-hybridized carbons (Fsp3) is 0.490. The summed E-state index contributed by atoms with van der Waals surface area (Å²) in [5.74, 6) is 3.85. The molecule has 5 unspecified atom stereocenters. The van der Waals surface area contributed by atoms with Gasteiger partial charge in [-0.15, -0.1) is 0 Å². The lowest BCUT2D eigenvalue weighted by Gasteiger charge is -2.22. The third kappa shape index (κ3) is 12.1. The van der Waals surface area contributed by atoms with Crippen LogP contribution in [0.5, 0.6) is 23.0 Å². The van der Waals surface area contributed by atoms with Crippen molar-refractivity contribution >= 4 is 17.7 Å². The van der Waals surface area contributed by atoms with E-state index in [1.165, 1.54) is 43.7 Å². The Balaban J connectivity index is 0.000000188. The van der Waals surface area contributed by atoms with E-state index in [9.17, 15) is 14.4 Å². The van der Waals surface area contributed by atoms with Gasteiger partial charge in [0.05, 0.1) is 26.4 Å². The van der Waals surface area contributed by atoms with Crippen LogP contribution in [0, 0.1) is 11.8 Å². The van der Waals surface area contributed by atoms with Crippen molar-refractivity contribution in [2.75, 3.05) is 14.2 Å². The largest absolute Gasteiger partial charge is 0.493 e. The number of nitrogens with one attached hydrogen (secondary N) is 3. The van der Waals surface area contributed by atoms with Crippen LogP contribution in [0.15, 0.2) is 91.3 Å². The molecule has 3 N–H and O–H groups in total. The number of pyridine rings is 1. The molecule has 4 aliphatic carbocycles. The van der Waals surface area contributed by atoms with E-state index in [-0.39, 0.29) is 35.7 Å². The van der Waals surface area contributed by atoms with E-state index in [0.29, 0.717) is 24.5 Å². The first kappa shape index (κ1) is 44.5. The van der Waals surface area contributed by atoms with Crippen LogP contribution in [0.2, 0.25) is 0 Å². The van der Waals surface area contributed by atoms with Gasteiger partial charge in [0, 0.05) is 37.7 Å². The first-order valence-corrected chi connectivity index (χ1v) is 22.7. The number of hydrogen-bond acceptors (Lipinski definition) is 8. The topological polar surface area (TPSA) is 137 Å². The van der Waals surface area contributed by atoms with E-state index in [0.717, 1.165) is 98.3 Å². The number of methoxy groups -OCH3 is 2. The van der Waals surface area contributed by atoms with E-state index < -0.39 is 6.17 Å². The average molecular weight is 845 g/mol. The van der Waals surface area contributed by atoms with Crippen molar-refractivity contribution in [3.05, 3.63) is 114 Å². The lowest BCUT2D eigenvalue weighted by atomic mass is 9.95. The van der Waals surface area contributed by atoms with Crippen molar-refractivity contribution in [3.8, 4) is 23.0 Å². The second kappa shape index (κ2) is 22.0. The number of aromatic nitrogens is 1. The fourth-order valence-electron chi connectivity index (χ4n) is 9.64. The van der Waals surface area contributed by atoms with Crippen LogP contribution in [0.1, 0.15) is 137 Å². The number of carbonyl (C=O) groups is 3. The minimum atomic E-state index is -0.525. The fourth-order valence-corrected chi connectivity index (χ4v) is 9.64. The molecule has 0 spiro atoms. The summed E-state index contributed by atoms with van der Waals surface area (Å²) in [5, 5.41) is 8.97. The molecule has 4 saturated carbocycles. The highest BCUT2D eigenvalue weighted by Gasteiger charge is 2.34. The van der Waals surface area contributed by atoms with Gasteiger partial charge in [0.1, 0.15) is 6.17 Å². The van der Waals surface area contributed by atoms with Gasteiger partial charge in [-0.1, -0.05) is 42.5 Å². The number of hydrogen-bond donors (Lipinski definition) is 3. The molecule has 4 fully saturated rings. The Kier molecular flexibility index (Phi) is 15.8. The maximum Gasteiger partial charge on any atom is 0.224 e. The Morgan fingerprint density at radius 1 is 0.613 bits per heavy atom. The molecule has 0 saturated heterocycles. The smallest absolute Gasteiger partial charge is 0.224 e. The zero-order valence-corrected chi connectivity index (χ0v) is 36.6. The quantitative estimate of drug-likeness (QED) is 0.101. The molecule has 1 aromatic heterocycles. The van der Waals surface area contributed by atoms with Crippen LogP contribution in [-0.2, 0) is 20.9 Å². The highest BCUT2D eigenvalue weighted by atomic mass is 16.5. The van der Waals surface area contributed by atoms with Gasteiger partial charge < -0.3 is 34.9 Å². The summed E-state index contributed by atoms with van der Waals surface area (Å²) in [4.78, 5) is 41.4. The summed E-state index contributed by atoms with van der Waals surface area (Å²) < 4.78 is 23.6. The van der Waals surface area contributed by atoms with E-state index in [1.807, 2.05) is 54.6 Å².